The van der Waals surface area contributed by atoms with E-state index in [4.69, 9.17) is 0 Å². The van der Waals surface area contributed by atoms with E-state index >= 15 is 0 Å². The summed E-state index contributed by atoms with van der Waals surface area (Å²) in [5.41, 5.74) is 3.98. The maximum absolute atomic E-state index is 4.45. The molecule has 0 aliphatic rings. The molecular weight excluding hydrogens is 206 g/mol. The number of pyridine rings is 1. The predicted molar refractivity (Wildman–Crippen MR) is 74.4 cm³/mol. The van der Waals surface area contributed by atoms with E-state index in [-0.39, 0.29) is 0 Å². The van der Waals surface area contributed by atoms with Crippen LogP contribution in [0.1, 0.15) is 50.7 Å². The minimum atomic E-state index is 0.582. The molecule has 2 rings (SSSR count). The summed E-state index contributed by atoms with van der Waals surface area (Å²) in [4.78, 5) is 4.45. The Labute approximate surface area is 104 Å². The zero-order chi connectivity index (χ0) is 12.3. The van der Waals surface area contributed by atoms with E-state index in [1.807, 2.05) is 6.20 Å². The van der Waals surface area contributed by atoms with Gasteiger partial charge in [0.25, 0.3) is 0 Å². The molecule has 0 aliphatic carbocycles. The number of hydrogen-bond acceptors (Lipinski definition) is 1. The van der Waals surface area contributed by atoms with E-state index in [1.54, 1.807) is 0 Å². The van der Waals surface area contributed by atoms with Gasteiger partial charge in [0.1, 0.15) is 0 Å². The molecule has 0 spiro atoms. The van der Waals surface area contributed by atoms with Gasteiger partial charge in [0.15, 0.2) is 0 Å². The molecule has 0 N–H and O–H groups in total. The van der Waals surface area contributed by atoms with Crippen LogP contribution in [0.15, 0.2) is 30.5 Å². The molecule has 0 saturated carbocycles. The first kappa shape index (κ1) is 12.1. The maximum Gasteiger partial charge on any atom is 0.0704 e. The average Bonchev–Trinajstić information content (AvgIpc) is 2.35. The van der Waals surface area contributed by atoms with Gasteiger partial charge in [-0.3, -0.25) is 4.98 Å². The lowest BCUT2D eigenvalue weighted by molar-refractivity contribution is 0.798. The number of aryl methyl sites for hydroxylation is 1. The van der Waals surface area contributed by atoms with Gasteiger partial charge in [-0.05, 0) is 48.1 Å². The smallest absolute Gasteiger partial charge is 0.0704 e. The molecule has 1 nitrogen and oxygen atoms in total. The van der Waals surface area contributed by atoms with Gasteiger partial charge >= 0.3 is 0 Å². The summed E-state index contributed by atoms with van der Waals surface area (Å²) in [6.45, 7) is 6.72. The van der Waals surface area contributed by atoms with Crippen molar-refractivity contribution in [3.63, 3.8) is 0 Å². The Kier molecular flexibility index (Phi) is 3.78. The first-order valence-electron chi connectivity index (χ1n) is 6.60. The van der Waals surface area contributed by atoms with Crippen LogP contribution in [-0.4, -0.2) is 4.98 Å². The molecular formula is C16H21N. The van der Waals surface area contributed by atoms with Crippen LogP contribution in [0.4, 0.5) is 0 Å². The lowest BCUT2D eigenvalue weighted by atomic mass is 9.97. The highest BCUT2D eigenvalue weighted by Gasteiger charge is 2.05. The summed E-state index contributed by atoms with van der Waals surface area (Å²) in [6, 6.07) is 8.84. The van der Waals surface area contributed by atoms with Crippen molar-refractivity contribution in [2.24, 2.45) is 0 Å². The van der Waals surface area contributed by atoms with E-state index in [0.29, 0.717) is 5.92 Å². The molecule has 0 bridgehead atoms. The summed E-state index contributed by atoms with van der Waals surface area (Å²) in [5.74, 6) is 0.582. The number of benzene rings is 1. The second kappa shape index (κ2) is 5.31. The summed E-state index contributed by atoms with van der Waals surface area (Å²) in [5, 5.41) is 1.34. The van der Waals surface area contributed by atoms with E-state index in [1.165, 1.54) is 29.4 Å². The van der Waals surface area contributed by atoms with Crippen molar-refractivity contribution in [2.75, 3.05) is 0 Å². The Morgan fingerprint density at radius 3 is 2.71 bits per heavy atom. The standard InChI is InChI=1S/C16H21N/c1-4-5-6-13-9-10-17-16-8-7-14(12(2)3)11-15(13)16/h7-12H,4-6H2,1-3H3. The lowest BCUT2D eigenvalue weighted by Crippen LogP contribution is -1.92. The third-order valence-corrected chi connectivity index (χ3v) is 3.32. The highest BCUT2D eigenvalue weighted by molar-refractivity contribution is 5.82. The van der Waals surface area contributed by atoms with Crippen LogP contribution in [0, 0.1) is 0 Å². The summed E-state index contributed by atoms with van der Waals surface area (Å²) < 4.78 is 0. The predicted octanol–water partition coefficient (Wildman–Crippen LogP) is 4.70. The van der Waals surface area contributed by atoms with E-state index in [9.17, 15) is 0 Å². The molecule has 1 aromatic heterocycles. The van der Waals surface area contributed by atoms with E-state index in [0.717, 1.165) is 11.9 Å². The van der Waals surface area contributed by atoms with Gasteiger partial charge in [-0.25, -0.2) is 0 Å². The largest absolute Gasteiger partial charge is 0.256 e. The van der Waals surface area contributed by atoms with Crippen molar-refractivity contribution in [1.29, 1.82) is 0 Å². The monoisotopic (exact) mass is 227 g/mol. The third kappa shape index (κ3) is 2.66. The van der Waals surface area contributed by atoms with Crippen LogP contribution in [0.5, 0.6) is 0 Å². The fourth-order valence-corrected chi connectivity index (χ4v) is 2.17. The van der Waals surface area contributed by atoms with Crippen LogP contribution < -0.4 is 0 Å². The second-order valence-electron chi connectivity index (χ2n) is 5.00. The zero-order valence-electron chi connectivity index (χ0n) is 11.0. The summed E-state index contributed by atoms with van der Waals surface area (Å²) in [7, 11) is 0. The Morgan fingerprint density at radius 2 is 2.00 bits per heavy atom. The molecule has 90 valence electrons. The number of nitrogens with zero attached hydrogens (tertiary/aromatic N) is 1. The van der Waals surface area contributed by atoms with Crippen LogP contribution in [0.25, 0.3) is 10.9 Å². The number of rotatable bonds is 4. The maximum atomic E-state index is 4.45. The van der Waals surface area contributed by atoms with Crippen molar-refractivity contribution in [3.8, 4) is 0 Å². The zero-order valence-corrected chi connectivity index (χ0v) is 11.0. The van der Waals surface area contributed by atoms with Crippen LogP contribution in [0.3, 0.4) is 0 Å². The van der Waals surface area contributed by atoms with Crippen LogP contribution in [0.2, 0.25) is 0 Å². The van der Waals surface area contributed by atoms with Crippen molar-refractivity contribution < 1.29 is 0 Å². The number of unbranched alkanes of at least 4 members (excludes halogenated alkanes) is 1. The van der Waals surface area contributed by atoms with E-state index < -0.39 is 0 Å². The van der Waals surface area contributed by atoms with Gasteiger partial charge in [0.2, 0.25) is 0 Å². The normalized spacial score (nSPS) is 11.3. The van der Waals surface area contributed by atoms with Gasteiger partial charge in [-0.2, -0.15) is 0 Å². The number of fused-ring (bicyclic) bond motifs is 1. The number of aromatic nitrogens is 1. The molecule has 0 saturated heterocycles. The van der Waals surface area contributed by atoms with Crippen LogP contribution in [-0.2, 0) is 6.42 Å². The molecule has 0 atom stereocenters. The molecule has 0 radical (unpaired) electrons. The van der Waals surface area contributed by atoms with Crippen molar-refractivity contribution in [2.45, 2.75) is 46.0 Å². The molecule has 0 unspecified atom stereocenters. The molecule has 1 heterocycles. The lowest BCUT2D eigenvalue weighted by Gasteiger charge is -2.09. The quantitative estimate of drug-likeness (QED) is 0.737. The Hall–Kier alpha value is -1.37. The minimum absolute atomic E-state index is 0.582. The molecule has 1 heteroatoms. The Morgan fingerprint density at radius 1 is 1.18 bits per heavy atom. The van der Waals surface area contributed by atoms with Crippen molar-refractivity contribution in [1.82, 2.24) is 4.98 Å². The summed E-state index contributed by atoms with van der Waals surface area (Å²) in [6.07, 6.45) is 5.60. The molecule has 0 fully saturated rings. The average molecular weight is 227 g/mol. The highest BCUT2D eigenvalue weighted by Crippen LogP contribution is 2.23. The first-order chi connectivity index (χ1) is 8.22. The molecule has 2 aromatic rings. The SMILES string of the molecule is CCCCc1ccnc2ccc(C(C)C)cc12. The second-order valence-corrected chi connectivity index (χ2v) is 5.00. The van der Waals surface area contributed by atoms with Gasteiger partial charge < -0.3 is 0 Å². The minimum Gasteiger partial charge on any atom is -0.256 e. The molecule has 0 aliphatic heterocycles. The van der Waals surface area contributed by atoms with E-state index in [2.05, 4.69) is 50.0 Å². The highest BCUT2D eigenvalue weighted by atomic mass is 14.6. The van der Waals surface area contributed by atoms with Gasteiger partial charge in [-0.1, -0.05) is 33.3 Å². The van der Waals surface area contributed by atoms with Gasteiger partial charge in [0, 0.05) is 11.6 Å². The van der Waals surface area contributed by atoms with Crippen LogP contribution >= 0.6 is 0 Å². The fourth-order valence-electron chi connectivity index (χ4n) is 2.17. The molecule has 0 amide bonds. The van der Waals surface area contributed by atoms with Gasteiger partial charge in [-0.15, -0.1) is 0 Å². The first-order valence-corrected chi connectivity index (χ1v) is 6.60. The Balaban J connectivity index is 2.48. The molecule has 17 heavy (non-hydrogen) atoms. The number of hydrogen-bond donors (Lipinski definition) is 0. The summed E-state index contributed by atoms with van der Waals surface area (Å²) >= 11 is 0. The third-order valence-electron chi connectivity index (χ3n) is 3.32. The van der Waals surface area contributed by atoms with Crippen molar-refractivity contribution >= 4 is 10.9 Å². The van der Waals surface area contributed by atoms with Crippen molar-refractivity contribution in [3.05, 3.63) is 41.6 Å². The molecule has 1 aromatic carbocycles. The van der Waals surface area contributed by atoms with Gasteiger partial charge in [0.05, 0.1) is 5.52 Å². The fraction of sp³-hybridized carbons (Fsp3) is 0.438. The topological polar surface area (TPSA) is 12.9 Å². The Bertz CT molecular complexity index is 500.